The lowest BCUT2D eigenvalue weighted by molar-refractivity contribution is 0.207. The molecule has 0 radical (unpaired) electrons. The first-order valence-electron chi connectivity index (χ1n) is 4.36. The molecule has 0 aromatic carbocycles. The third-order valence-electron chi connectivity index (χ3n) is 1.89. The molecule has 3 heteroatoms. The predicted octanol–water partition coefficient (Wildman–Crippen LogP) is 0.642. The second kappa shape index (κ2) is 3.85. The average Bonchev–Trinajstić information content (AvgIpc) is 2.03. The van der Waals surface area contributed by atoms with Gasteiger partial charge in [0.2, 0.25) is 0 Å². The van der Waals surface area contributed by atoms with Gasteiger partial charge in [-0.15, -0.1) is 0 Å². The highest BCUT2D eigenvalue weighted by atomic mass is 16.3. The van der Waals surface area contributed by atoms with Gasteiger partial charge in [0.15, 0.2) is 0 Å². The van der Waals surface area contributed by atoms with Gasteiger partial charge in [-0.25, -0.2) is 0 Å². The molecule has 0 aliphatic heterocycles. The number of hydrogen-bond donors (Lipinski definition) is 2. The molecule has 13 heavy (non-hydrogen) atoms. The molecule has 3 nitrogen and oxygen atoms in total. The summed E-state index contributed by atoms with van der Waals surface area (Å²) in [6, 6.07) is 5.81. The molecule has 0 saturated heterocycles. The van der Waals surface area contributed by atoms with E-state index in [9.17, 15) is 0 Å². The van der Waals surface area contributed by atoms with Crippen LogP contribution in [-0.2, 0) is 6.42 Å². The number of aryl methyl sites for hydroxylation is 1. The van der Waals surface area contributed by atoms with Crippen LogP contribution in [0.15, 0.2) is 18.2 Å². The van der Waals surface area contributed by atoms with E-state index in [1.54, 1.807) is 0 Å². The molecule has 1 heterocycles. The maximum absolute atomic E-state index is 8.97. The summed E-state index contributed by atoms with van der Waals surface area (Å²) >= 11 is 0. The van der Waals surface area contributed by atoms with Crippen LogP contribution in [-0.4, -0.2) is 22.2 Å². The van der Waals surface area contributed by atoms with Gasteiger partial charge in [0.1, 0.15) is 0 Å². The zero-order valence-corrected chi connectivity index (χ0v) is 8.12. The van der Waals surface area contributed by atoms with Crippen molar-refractivity contribution in [2.45, 2.75) is 25.8 Å². The molecule has 1 aromatic rings. The van der Waals surface area contributed by atoms with Gasteiger partial charge in [0.25, 0.3) is 0 Å². The molecule has 0 spiro atoms. The summed E-state index contributed by atoms with van der Waals surface area (Å²) in [6.07, 6.45) is 0.602. The zero-order valence-electron chi connectivity index (χ0n) is 8.12. The highest BCUT2D eigenvalue weighted by Crippen LogP contribution is 2.08. The molecule has 1 aromatic heterocycles. The van der Waals surface area contributed by atoms with E-state index in [1.807, 2.05) is 32.0 Å². The summed E-state index contributed by atoms with van der Waals surface area (Å²) in [7, 11) is 0. The van der Waals surface area contributed by atoms with Crippen LogP contribution in [0.1, 0.15) is 18.3 Å². The Hall–Kier alpha value is -0.930. The monoisotopic (exact) mass is 180 g/mol. The van der Waals surface area contributed by atoms with Crippen LogP contribution >= 0.6 is 0 Å². The van der Waals surface area contributed by atoms with Crippen molar-refractivity contribution in [3.8, 4) is 0 Å². The predicted molar refractivity (Wildman–Crippen MR) is 52.4 cm³/mol. The average molecular weight is 180 g/mol. The number of aliphatic hydroxyl groups is 1. The summed E-state index contributed by atoms with van der Waals surface area (Å²) in [5.41, 5.74) is 7.15. The van der Waals surface area contributed by atoms with Crippen LogP contribution in [0.5, 0.6) is 0 Å². The van der Waals surface area contributed by atoms with Crippen LogP contribution in [0, 0.1) is 6.92 Å². The number of rotatable bonds is 3. The van der Waals surface area contributed by atoms with E-state index >= 15 is 0 Å². The van der Waals surface area contributed by atoms with Gasteiger partial charge in [0, 0.05) is 23.3 Å². The largest absolute Gasteiger partial charge is 0.394 e. The lowest BCUT2D eigenvalue weighted by atomic mass is 9.98. The Kier molecular flexibility index (Phi) is 3.01. The quantitative estimate of drug-likeness (QED) is 0.717. The summed E-state index contributed by atoms with van der Waals surface area (Å²) in [5, 5.41) is 8.97. The molecule has 0 amide bonds. The molecule has 3 N–H and O–H groups in total. The smallest absolute Gasteiger partial charge is 0.0612 e. The van der Waals surface area contributed by atoms with Crippen LogP contribution in [0.2, 0.25) is 0 Å². The fourth-order valence-electron chi connectivity index (χ4n) is 1.17. The number of nitrogens with zero attached hydrogens (tertiary/aromatic N) is 1. The number of nitrogens with two attached hydrogens (primary N) is 1. The minimum Gasteiger partial charge on any atom is -0.394 e. The Bertz CT molecular complexity index is 284. The van der Waals surface area contributed by atoms with Crippen molar-refractivity contribution in [1.82, 2.24) is 4.98 Å². The standard InChI is InChI=1S/C10H16N2O/c1-8-4-3-5-9(12-8)6-10(2,11)7-13/h3-5,13H,6-7,11H2,1-2H3. The minimum absolute atomic E-state index is 0.0252. The highest BCUT2D eigenvalue weighted by molar-refractivity contribution is 5.12. The first kappa shape index (κ1) is 10.2. The van der Waals surface area contributed by atoms with Gasteiger partial charge >= 0.3 is 0 Å². The fourth-order valence-corrected chi connectivity index (χ4v) is 1.17. The van der Waals surface area contributed by atoms with Crippen molar-refractivity contribution in [2.75, 3.05) is 6.61 Å². The van der Waals surface area contributed by atoms with Gasteiger partial charge in [-0.1, -0.05) is 6.07 Å². The van der Waals surface area contributed by atoms with Crippen LogP contribution in [0.3, 0.4) is 0 Å². The molecule has 0 aliphatic rings. The number of aromatic nitrogens is 1. The third kappa shape index (κ3) is 3.13. The Morgan fingerprint density at radius 1 is 1.54 bits per heavy atom. The van der Waals surface area contributed by atoms with Crippen molar-refractivity contribution in [3.63, 3.8) is 0 Å². The first-order chi connectivity index (χ1) is 6.03. The number of pyridine rings is 1. The van der Waals surface area contributed by atoms with Crippen molar-refractivity contribution < 1.29 is 5.11 Å². The fraction of sp³-hybridized carbons (Fsp3) is 0.500. The Morgan fingerprint density at radius 3 is 2.77 bits per heavy atom. The summed E-state index contributed by atoms with van der Waals surface area (Å²) in [5.74, 6) is 0. The SMILES string of the molecule is Cc1cccc(CC(C)(N)CO)n1. The molecular weight excluding hydrogens is 164 g/mol. The van der Waals surface area contributed by atoms with E-state index < -0.39 is 5.54 Å². The Labute approximate surface area is 78.6 Å². The summed E-state index contributed by atoms with van der Waals surface area (Å²) in [4.78, 5) is 4.32. The minimum atomic E-state index is -0.569. The van der Waals surface area contributed by atoms with E-state index in [0.717, 1.165) is 11.4 Å². The molecule has 0 saturated carbocycles. The lowest BCUT2D eigenvalue weighted by Crippen LogP contribution is -2.42. The molecule has 0 bridgehead atoms. The van der Waals surface area contributed by atoms with E-state index in [1.165, 1.54) is 0 Å². The molecule has 0 aliphatic carbocycles. The topological polar surface area (TPSA) is 59.1 Å². The van der Waals surface area contributed by atoms with Crippen LogP contribution in [0.4, 0.5) is 0 Å². The Morgan fingerprint density at radius 2 is 2.23 bits per heavy atom. The second-order valence-electron chi connectivity index (χ2n) is 3.76. The molecular formula is C10H16N2O. The summed E-state index contributed by atoms with van der Waals surface area (Å²) in [6.45, 7) is 3.73. The summed E-state index contributed by atoms with van der Waals surface area (Å²) < 4.78 is 0. The van der Waals surface area contributed by atoms with Crippen molar-refractivity contribution >= 4 is 0 Å². The van der Waals surface area contributed by atoms with Gasteiger partial charge in [-0.05, 0) is 26.0 Å². The maximum Gasteiger partial charge on any atom is 0.0612 e. The van der Waals surface area contributed by atoms with Crippen molar-refractivity contribution in [3.05, 3.63) is 29.6 Å². The second-order valence-corrected chi connectivity index (χ2v) is 3.76. The van der Waals surface area contributed by atoms with Crippen molar-refractivity contribution in [2.24, 2.45) is 5.73 Å². The number of hydrogen-bond acceptors (Lipinski definition) is 3. The van der Waals surface area contributed by atoms with Gasteiger partial charge < -0.3 is 10.8 Å². The van der Waals surface area contributed by atoms with Crippen molar-refractivity contribution in [1.29, 1.82) is 0 Å². The normalized spacial score (nSPS) is 15.4. The maximum atomic E-state index is 8.97. The van der Waals surface area contributed by atoms with Gasteiger partial charge in [-0.3, -0.25) is 4.98 Å². The third-order valence-corrected chi connectivity index (χ3v) is 1.89. The lowest BCUT2D eigenvalue weighted by Gasteiger charge is -2.20. The van der Waals surface area contributed by atoms with E-state index in [-0.39, 0.29) is 6.61 Å². The van der Waals surface area contributed by atoms with Crippen LogP contribution < -0.4 is 5.73 Å². The highest BCUT2D eigenvalue weighted by Gasteiger charge is 2.18. The molecule has 1 rings (SSSR count). The zero-order chi connectivity index (χ0) is 9.90. The van der Waals surface area contributed by atoms with Crippen LogP contribution in [0.25, 0.3) is 0 Å². The molecule has 1 atom stereocenters. The Balaban J connectivity index is 2.74. The molecule has 72 valence electrons. The van der Waals surface area contributed by atoms with E-state index in [0.29, 0.717) is 6.42 Å². The van der Waals surface area contributed by atoms with Gasteiger partial charge in [-0.2, -0.15) is 0 Å². The number of aliphatic hydroxyl groups excluding tert-OH is 1. The van der Waals surface area contributed by atoms with E-state index in [2.05, 4.69) is 4.98 Å². The molecule has 1 unspecified atom stereocenters. The van der Waals surface area contributed by atoms with Gasteiger partial charge in [0.05, 0.1) is 6.61 Å². The molecule has 0 fully saturated rings. The van der Waals surface area contributed by atoms with E-state index in [4.69, 9.17) is 10.8 Å². The first-order valence-corrected chi connectivity index (χ1v) is 4.36.